The van der Waals surface area contributed by atoms with Crippen LogP contribution in [0, 0.1) is 18.3 Å². The van der Waals surface area contributed by atoms with Gasteiger partial charge in [0.05, 0.1) is 18.2 Å². The molecule has 0 spiro atoms. The summed E-state index contributed by atoms with van der Waals surface area (Å²) >= 11 is 0. The molecule has 2 heterocycles. The van der Waals surface area contributed by atoms with E-state index in [2.05, 4.69) is 4.98 Å². The van der Waals surface area contributed by atoms with Crippen LogP contribution < -0.4 is 4.74 Å². The Hall–Kier alpha value is -3.33. The number of pyridine rings is 1. The SMILES string of the molecule is Cc1ccc2nc(COc3cccc(C(=O)N(C)CCC#N)c3)cn2c1. The quantitative estimate of drug-likeness (QED) is 0.686. The van der Waals surface area contributed by atoms with Crippen molar-refractivity contribution in [2.45, 2.75) is 20.0 Å². The lowest BCUT2D eigenvalue weighted by molar-refractivity contribution is 0.0797. The van der Waals surface area contributed by atoms with E-state index in [1.54, 1.807) is 25.2 Å². The summed E-state index contributed by atoms with van der Waals surface area (Å²) in [6.07, 6.45) is 4.26. The van der Waals surface area contributed by atoms with Gasteiger partial charge in [-0.05, 0) is 36.8 Å². The number of imidazole rings is 1. The first-order valence-electron chi connectivity index (χ1n) is 8.36. The third-order valence-electron chi connectivity index (χ3n) is 4.02. The molecule has 0 unspecified atom stereocenters. The number of carbonyl (C=O) groups is 1. The lowest BCUT2D eigenvalue weighted by atomic mass is 10.2. The smallest absolute Gasteiger partial charge is 0.253 e. The van der Waals surface area contributed by atoms with Crippen molar-refractivity contribution < 1.29 is 9.53 Å². The normalized spacial score (nSPS) is 10.5. The fourth-order valence-corrected chi connectivity index (χ4v) is 2.64. The molecular weight excluding hydrogens is 328 g/mol. The second kappa shape index (κ2) is 7.70. The van der Waals surface area contributed by atoms with Crippen molar-refractivity contribution in [3.05, 3.63) is 65.6 Å². The van der Waals surface area contributed by atoms with Gasteiger partial charge in [0, 0.05) is 31.5 Å². The molecule has 0 bridgehead atoms. The molecule has 6 nitrogen and oxygen atoms in total. The van der Waals surface area contributed by atoms with Crippen molar-refractivity contribution in [1.29, 1.82) is 5.26 Å². The molecule has 0 aliphatic carbocycles. The molecule has 3 aromatic rings. The average molecular weight is 348 g/mol. The predicted molar refractivity (Wildman–Crippen MR) is 97.9 cm³/mol. The van der Waals surface area contributed by atoms with E-state index in [4.69, 9.17) is 10.00 Å². The molecule has 0 atom stereocenters. The van der Waals surface area contributed by atoms with Crippen molar-refractivity contribution in [1.82, 2.24) is 14.3 Å². The molecule has 1 aromatic carbocycles. The lowest BCUT2D eigenvalue weighted by Gasteiger charge is -2.16. The number of hydrogen-bond acceptors (Lipinski definition) is 4. The summed E-state index contributed by atoms with van der Waals surface area (Å²) in [5, 5.41) is 8.64. The Kier molecular flexibility index (Phi) is 5.18. The van der Waals surface area contributed by atoms with Crippen molar-refractivity contribution in [3.8, 4) is 11.8 Å². The monoisotopic (exact) mass is 348 g/mol. The number of ether oxygens (including phenoxy) is 1. The molecule has 0 aliphatic rings. The Morgan fingerprint density at radius 1 is 1.31 bits per heavy atom. The molecule has 0 fully saturated rings. The first-order chi connectivity index (χ1) is 12.6. The van der Waals surface area contributed by atoms with Gasteiger partial charge in [-0.2, -0.15) is 5.26 Å². The van der Waals surface area contributed by atoms with Gasteiger partial charge in [-0.25, -0.2) is 4.98 Å². The minimum atomic E-state index is -0.131. The minimum absolute atomic E-state index is 0.131. The maximum Gasteiger partial charge on any atom is 0.253 e. The van der Waals surface area contributed by atoms with Crippen LogP contribution in [0.3, 0.4) is 0 Å². The van der Waals surface area contributed by atoms with Crippen molar-refractivity contribution >= 4 is 11.6 Å². The number of benzene rings is 1. The molecule has 2 aromatic heterocycles. The van der Waals surface area contributed by atoms with Crippen LogP contribution in [0.15, 0.2) is 48.8 Å². The molecule has 6 heteroatoms. The number of nitrogens with zero attached hydrogens (tertiary/aromatic N) is 4. The minimum Gasteiger partial charge on any atom is -0.487 e. The van der Waals surface area contributed by atoms with Crippen LogP contribution in [-0.2, 0) is 6.61 Å². The topological polar surface area (TPSA) is 70.6 Å². The molecule has 0 N–H and O–H groups in total. The summed E-state index contributed by atoms with van der Waals surface area (Å²) < 4.78 is 7.78. The summed E-state index contributed by atoms with van der Waals surface area (Å²) in [6, 6.07) is 13.1. The van der Waals surface area contributed by atoms with Gasteiger partial charge in [-0.1, -0.05) is 12.1 Å². The summed E-state index contributed by atoms with van der Waals surface area (Å²) in [5.41, 5.74) is 3.39. The largest absolute Gasteiger partial charge is 0.487 e. The average Bonchev–Trinajstić information content (AvgIpc) is 3.06. The Morgan fingerprint density at radius 2 is 2.15 bits per heavy atom. The van der Waals surface area contributed by atoms with E-state index in [9.17, 15) is 4.79 Å². The van der Waals surface area contributed by atoms with Crippen LogP contribution in [0.5, 0.6) is 5.75 Å². The molecular formula is C20H20N4O2. The summed E-state index contributed by atoms with van der Waals surface area (Å²) in [4.78, 5) is 18.4. The van der Waals surface area contributed by atoms with Crippen molar-refractivity contribution in [2.75, 3.05) is 13.6 Å². The zero-order chi connectivity index (χ0) is 18.5. The molecule has 1 amide bonds. The van der Waals surface area contributed by atoms with Crippen LogP contribution in [0.25, 0.3) is 5.65 Å². The molecule has 0 saturated heterocycles. The molecule has 132 valence electrons. The third-order valence-corrected chi connectivity index (χ3v) is 4.02. The molecule has 26 heavy (non-hydrogen) atoms. The second-order valence-corrected chi connectivity index (χ2v) is 6.16. The molecule has 3 rings (SSSR count). The highest BCUT2D eigenvalue weighted by Gasteiger charge is 2.12. The number of nitriles is 1. The highest BCUT2D eigenvalue weighted by Crippen LogP contribution is 2.17. The first kappa shape index (κ1) is 17.5. The number of rotatable bonds is 6. The number of fused-ring (bicyclic) bond motifs is 1. The van der Waals surface area contributed by atoms with E-state index in [1.807, 2.05) is 48.0 Å². The van der Waals surface area contributed by atoms with Crippen LogP contribution in [0.2, 0.25) is 0 Å². The standard InChI is InChI=1S/C20H20N4O2/c1-15-7-8-19-22-17(13-24(19)12-15)14-26-18-6-3-5-16(11-18)20(25)23(2)10-4-9-21/h3,5-8,11-13H,4,10,14H2,1-2H3. The van der Waals surface area contributed by atoms with E-state index in [0.717, 1.165) is 16.9 Å². The third kappa shape index (κ3) is 4.01. The van der Waals surface area contributed by atoms with Crippen molar-refractivity contribution in [3.63, 3.8) is 0 Å². The maximum absolute atomic E-state index is 12.4. The van der Waals surface area contributed by atoms with Gasteiger partial charge in [-0.15, -0.1) is 0 Å². The highest BCUT2D eigenvalue weighted by atomic mass is 16.5. The molecule has 0 radical (unpaired) electrons. The Balaban J connectivity index is 1.68. The number of amides is 1. The van der Waals surface area contributed by atoms with E-state index >= 15 is 0 Å². The van der Waals surface area contributed by atoms with Crippen molar-refractivity contribution in [2.24, 2.45) is 0 Å². The second-order valence-electron chi connectivity index (χ2n) is 6.16. The Labute approximate surface area is 152 Å². The summed E-state index contributed by atoms with van der Waals surface area (Å²) in [6.45, 7) is 2.76. The lowest BCUT2D eigenvalue weighted by Crippen LogP contribution is -2.27. The Bertz CT molecular complexity index is 971. The maximum atomic E-state index is 12.4. The number of aryl methyl sites for hydroxylation is 1. The van der Waals surface area contributed by atoms with Gasteiger partial charge in [-0.3, -0.25) is 4.79 Å². The number of hydrogen-bond donors (Lipinski definition) is 0. The van der Waals surface area contributed by atoms with E-state index in [-0.39, 0.29) is 5.91 Å². The van der Waals surface area contributed by atoms with Crippen LogP contribution in [0.4, 0.5) is 0 Å². The van der Waals surface area contributed by atoms with Crippen LogP contribution in [-0.4, -0.2) is 33.8 Å². The van der Waals surface area contributed by atoms with E-state index in [0.29, 0.717) is 30.9 Å². The van der Waals surface area contributed by atoms with Crippen LogP contribution >= 0.6 is 0 Å². The van der Waals surface area contributed by atoms with Gasteiger partial charge in [0.15, 0.2) is 0 Å². The van der Waals surface area contributed by atoms with Crippen LogP contribution in [0.1, 0.15) is 28.0 Å². The van der Waals surface area contributed by atoms with E-state index < -0.39 is 0 Å². The zero-order valence-corrected chi connectivity index (χ0v) is 14.8. The fraction of sp³-hybridized carbons (Fsp3) is 0.250. The van der Waals surface area contributed by atoms with Gasteiger partial charge in [0.25, 0.3) is 5.91 Å². The Morgan fingerprint density at radius 3 is 2.96 bits per heavy atom. The predicted octanol–water partition coefficient (Wildman–Crippen LogP) is 3.21. The van der Waals surface area contributed by atoms with Gasteiger partial charge in [0.2, 0.25) is 0 Å². The van der Waals surface area contributed by atoms with Gasteiger partial charge in [0.1, 0.15) is 18.0 Å². The van der Waals surface area contributed by atoms with Gasteiger partial charge >= 0.3 is 0 Å². The first-order valence-corrected chi connectivity index (χ1v) is 8.36. The zero-order valence-electron chi connectivity index (χ0n) is 14.8. The highest BCUT2D eigenvalue weighted by molar-refractivity contribution is 5.94. The summed E-state index contributed by atoms with van der Waals surface area (Å²) in [7, 11) is 1.69. The fourth-order valence-electron chi connectivity index (χ4n) is 2.64. The number of carbonyl (C=O) groups excluding carboxylic acids is 1. The summed E-state index contributed by atoms with van der Waals surface area (Å²) in [5.74, 6) is 0.478. The molecule has 0 saturated carbocycles. The van der Waals surface area contributed by atoms with E-state index in [1.165, 1.54) is 4.90 Å². The number of aromatic nitrogens is 2. The van der Waals surface area contributed by atoms with Gasteiger partial charge < -0.3 is 14.0 Å². The molecule has 0 aliphatic heterocycles.